The number of rotatable bonds is 3. The Morgan fingerprint density at radius 1 is 1.00 bits per heavy atom. The van der Waals surface area contributed by atoms with Gasteiger partial charge < -0.3 is 9.80 Å². The van der Waals surface area contributed by atoms with Crippen molar-refractivity contribution in [1.29, 1.82) is 0 Å². The van der Waals surface area contributed by atoms with Gasteiger partial charge in [0, 0.05) is 36.1 Å². The number of hydrogen-bond donors (Lipinski definition) is 0. The minimum atomic E-state index is -2.98. The molecule has 32 heavy (non-hydrogen) atoms. The molecule has 2 aromatic rings. The highest BCUT2D eigenvalue weighted by Crippen LogP contribution is 2.34. The quantitative estimate of drug-likeness (QED) is 0.675. The van der Waals surface area contributed by atoms with E-state index in [1.807, 2.05) is 4.90 Å². The number of fused-ring (bicyclic) bond motifs is 1. The molecule has 3 heterocycles. The first kappa shape index (κ1) is 21.6. The smallest absolute Gasteiger partial charge is 0.226 e. The minimum Gasteiger partial charge on any atom is -0.367 e. The molecule has 0 aromatic heterocycles. The van der Waals surface area contributed by atoms with Crippen molar-refractivity contribution in [1.82, 2.24) is 4.90 Å². The normalized spacial score (nSPS) is 23.9. The van der Waals surface area contributed by atoms with Gasteiger partial charge in [0.1, 0.15) is 9.84 Å². The third-order valence-corrected chi connectivity index (χ3v) is 9.50. The van der Waals surface area contributed by atoms with Gasteiger partial charge in [-0.15, -0.1) is 11.8 Å². The molecule has 0 aliphatic carbocycles. The van der Waals surface area contributed by atoms with Gasteiger partial charge in [0.2, 0.25) is 5.91 Å². The Bertz CT molecular complexity index is 1170. The second-order valence-electron chi connectivity index (χ2n) is 8.78. The molecule has 2 aromatic carbocycles. The number of nitrogens with zero attached hydrogens (tertiary/aromatic N) is 2. The lowest BCUT2D eigenvalue weighted by Gasteiger charge is -2.45. The standard InChI is InChI=1S/C25H28N2O3S2/c28-25(20-10-15-32(29,30)16-11-20)27-13-12-26(18-23(27)24-7-3-4-14-31-24)22-9-8-19-5-1-2-6-21(19)17-22/h1-2,4-9,14,17,20,23H,3,10-13,15-16,18H2. The van der Waals surface area contributed by atoms with Gasteiger partial charge in [-0.25, -0.2) is 8.42 Å². The molecule has 1 unspecified atom stereocenters. The Morgan fingerprint density at radius 2 is 1.78 bits per heavy atom. The first-order valence-electron chi connectivity index (χ1n) is 11.3. The van der Waals surface area contributed by atoms with Crippen molar-refractivity contribution in [3.8, 4) is 0 Å². The van der Waals surface area contributed by atoms with Crippen LogP contribution in [0.15, 0.2) is 64.9 Å². The molecule has 168 valence electrons. The number of anilines is 1. The van der Waals surface area contributed by atoms with Crippen LogP contribution in [0.2, 0.25) is 0 Å². The molecule has 2 fully saturated rings. The van der Waals surface area contributed by atoms with Crippen LogP contribution in [-0.2, 0) is 14.6 Å². The largest absolute Gasteiger partial charge is 0.367 e. The summed E-state index contributed by atoms with van der Waals surface area (Å²) in [4.78, 5) is 19.1. The fourth-order valence-corrected chi connectivity index (χ4v) is 7.31. The van der Waals surface area contributed by atoms with Gasteiger partial charge >= 0.3 is 0 Å². The zero-order chi connectivity index (χ0) is 22.1. The summed E-state index contributed by atoms with van der Waals surface area (Å²) in [6.45, 7) is 2.18. The summed E-state index contributed by atoms with van der Waals surface area (Å²) in [6, 6.07) is 14.9. The summed E-state index contributed by atoms with van der Waals surface area (Å²) in [5.41, 5.74) is 1.18. The van der Waals surface area contributed by atoms with E-state index in [1.54, 1.807) is 11.8 Å². The summed E-state index contributed by atoms with van der Waals surface area (Å²) in [5.74, 6) is 0.202. The maximum absolute atomic E-state index is 13.5. The number of hydrogen-bond acceptors (Lipinski definition) is 5. The van der Waals surface area contributed by atoms with Gasteiger partial charge in [-0.05, 0) is 47.6 Å². The highest BCUT2D eigenvalue weighted by Gasteiger charge is 2.38. The lowest BCUT2D eigenvalue weighted by Crippen LogP contribution is -2.57. The minimum absolute atomic E-state index is 0.00351. The second kappa shape index (κ2) is 8.94. The van der Waals surface area contributed by atoms with Crippen molar-refractivity contribution >= 4 is 44.0 Å². The molecule has 0 N–H and O–H groups in total. The van der Waals surface area contributed by atoms with Crippen LogP contribution in [0.25, 0.3) is 10.8 Å². The van der Waals surface area contributed by atoms with E-state index in [0.29, 0.717) is 19.4 Å². The number of amides is 1. The van der Waals surface area contributed by atoms with Crippen molar-refractivity contribution in [2.45, 2.75) is 25.3 Å². The SMILES string of the molecule is O=C(C1CCS(=O)(=O)CC1)N1CCN(c2ccc3ccccc3c2)CC1C1=CCC=CS1. The molecule has 1 atom stereocenters. The van der Waals surface area contributed by atoms with Gasteiger partial charge in [-0.1, -0.05) is 42.5 Å². The van der Waals surface area contributed by atoms with Crippen molar-refractivity contribution in [3.05, 3.63) is 64.9 Å². The highest BCUT2D eigenvalue weighted by molar-refractivity contribution is 8.05. The maximum Gasteiger partial charge on any atom is 0.226 e. The van der Waals surface area contributed by atoms with E-state index in [1.165, 1.54) is 21.4 Å². The number of sulfone groups is 1. The fourth-order valence-electron chi connectivity index (χ4n) is 4.90. The Morgan fingerprint density at radius 3 is 2.53 bits per heavy atom. The van der Waals surface area contributed by atoms with E-state index in [2.05, 4.69) is 64.9 Å². The predicted octanol–water partition coefficient (Wildman–Crippen LogP) is 4.22. The molecule has 3 aliphatic heterocycles. The van der Waals surface area contributed by atoms with Crippen LogP contribution in [0.3, 0.4) is 0 Å². The Labute approximate surface area is 194 Å². The van der Waals surface area contributed by atoms with Crippen molar-refractivity contribution < 1.29 is 13.2 Å². The van der Waals surface area contributed by atoms with E-state index < -0.39 is 9.84 Å². The van der Waals surface area contributed by atoms with Gasteiger partial charge in [-0.2, -0.15) is 0 Å². The third-order valence-electron chi connectivity index (χ3n) is 6.75. The summed E-state index contributed by atoms with van der Waals surface area (Å²) in [7, 11) is -2.98. The highest BCUT2D eigenvalue weighted by atomic mass is 32.2. The number of thioether (sulfide) groups is 1. The topological polar surface area (TPSA) is 57.7 Å². The summed E-state index contributed by atoms with van der Waals surface area (Å²) >= 11 is 1.70. The molecular weight excluding hydrogens is 440 g/mol. The Hall–Kier alpha value is -2.25. The predicted molar refractivity (Wildman–Crippen MR) is 132 cm³/mol. The van der Waals surface area contributed by atoms with E-state index in [4.69, 9.17) is 0 Å². The lowest BCUT2D eigenvalue weighted by atomic mass is 9.98. The molecule has 7 heteroatoms. The average Bonchev–Trinajstić information content (AvgIpc) is 2.83. The lowest BCUT2D eigenvalue weighted by molar-refractivity contribution is -0.137. The first-order valence-corrected chi connectivity index (χ1v) is 14.0. The zero-order valence-electron chi connectivity index (χ0n) is 18.0. The molecule has 5 rings (SSSR count). The van der Waals surface area contributed by atoms with Gasteiger partial charge in [-0.3, -0.25) is 4.79 Å². The zero-order valence-corrected chi connectivity index (χ0v) is 19.7. The van der Waals surface area contributed by atoms with E-state index in [0.717, 1.165) is 19.5 Å². The summed E-state index contributed by atoms with van der Waals surface area (Å²) < 4.78 is 23.7. The molecule has 0 saturated carbocycles. The fraction of sp³-hybridized carbons (Fsp3) is 0.400. The van der Waals surface area contributed by atoms with Crippen molar-refractivity contribution in [3.63, 3.8) is 0 Å². The van der Waals surface area contributed by atoms with Crippen LogP contribution >= 0.6 is 11.8 Å². The van der Waals surface area contributed by atoms with Crippen LogP contribution in [0, 0.1) is 5.92 Å². The van der Waals surface area contributed by atoms with Crippen LogP contribution in [0.1, 0.15) is 19.3 Å². The molecule has 2 saturated heterocycles. The molecule has 5 nitrogen and oxygen atoms in total. The van der Waals surface area contributed by atoms with Gasteiger partial charge in [0.15, 0.2) is 0 Å². The van der Waals surface area contributed by atoms with Crippen molar-refractivity contribution in [2.75, 3.05) is 36.0 Å². The molecule has 1 amide bonds. The van der Waals surface area contributed by atoms with Crippen LogP contribution < -0.4 is 4.90 Å². The average molecular weight is 469 g/mol. The van der Waals surface area contributed by atoms with Crippen molar-refractivity contribution in [2.24, 2.45) is 5.92 Å². The number of carbonyl (C=O) groups excluding carboxylic acids is 1. The van der Waals surface area contributed by atoms with Crippen LogP contribution in [0.5, 0.6) is 0 Å². The third kappa shape index (κ3) is 4.46. The van der Waals surface area contributed by atoms with E-state index >= 15 is 0 Å². The molecule has 0 bridgehead atoms. The van der Waals surface area contributed by atoms with Gasteiger partial charge in [0.25, 0.3) is 0 Å². The number of carbonyl (C=O) groups is 1. The second-order valence-corrected chi connectivity index (χ2v) is 12.1. The number of piperazine rings is 1. The Balaban J connectivity index is 1.39. The van der Waals surface area contributed by atoms with E-state index in [-0.39, 0.29) is 29.4 Å². The van der Waals surface area contributed by atoms with Crippen LogP contribution in [0.4, 0.5) is 5.69 Å². The number of allylic oxidation sites excluding steroid dienone is 2. The molecule has 0 radical (unpaired) electrons. The summed E-state index contributed by atoms with van der Waals surface area (Å²) in [6.07, 6.45) is 6.15. The molecular formula is C25H28N2O3S2. The van der Waals surface area contributed by atoms with Crippen LogP contribution in [-0.4, -0.2) is 56.4 Å². The number of benzene rings is 2. The first-order chi connectivity index (χ1) is 15.5. The molecule has 0 spiro atoms. The summed E-state index contributed by atoms with van der Waals surface area (Å²) in [5, 5.41) is 4.56. The molecule has 3 aliphatic rings. The maximum atomic E-state index is 13.5. The Kier molecular flexibility index (Phi) is 6.03. The monoisotopic (exact) mass is 468 g/mol. The van der Waals surface area contributed by atoms with Gasteiger partial charge in [0.05, 0.1) is 17.5 Å². The van der Waals surface area contributed by atoms with E-state index in [9.17, 15) is 13.2 Å².